The van der Waals surface area contributed by atoms with Crippen LogP contribution in [-0.2, 0) is 14.8 Å². The molecule has 1 fully saturated rings. The summed E-state index contributed by atoms with van der Waals surface area (Å²) in [6, 6.07) is 6.42. The number of unbranched alkanes of at least 4 members (excludes halogenated alkanes) is 1. The highest BCUT2D eigenvalue weighted by atomic mass is 32.2. The molecule has 0 spiro atoms. The third-order valence-corrected chi connectivity index (χ3v) is 6.61. The van der Waals surface area contributed by atoms with Gasteiger partial charge in [-0.25, -0.2) is 12.7 Å². The topological polar surface area (TPSA) is 69.7 Å². The van der Waals surface area contributed by atoms with Crippen molar-refractivity contribution in [2.24, 2.45) is 0 Å². The van der Waals surface area contributed by atoms with E-state index in [1.54, 1.807) is 31.3 Å². The number of likely N-dealkylation sites (tertiary alicyclic amines) is 1. The average Bonchev–Trinajstić information content (AvgIpc) is 2.88. The first-order valence-corrected chi connectivity index (χ1v) is 11.0. The van der Waals surface area contributed by atoms with E-state index in [0.717, 1.165) is 38.8 Å². The van der Waals surface area contributed by atoms with Crippen molar-refractivity contribution in [2.75, 3.05) is 38.5 Å². The molecule has 7 heteroatoms. The van der Waals surface area contributed by atoms with Gasteiger partial charge in [0.25, 0.3) is 0 Å². The first-order valence-electron chi connectivity index (χ1n) is 9.52. The van der Waals surface area contributed by atoms with Crippen LogP contribution in [0.3, 0.4) is 0 Å². The van der Waals surface area contributed by atoms with Crippen LogP contribution in [0, 0.1) is 0 Å². The predicted molar refractivity (Wildman–Crippen MR) is 105 cm³/mol. The lowest BCUT2D eigenvalue weighted by atomic mass is 10.2. The number of nitrogens with one attached hydrogen (secondary N) is 1. The van der Waals surface area contributed by atoms with E-state index in [4.69, 9.17) is 0 Å². The Bertz CT molecular complexity index is 666. The summed E-state index contributed by atoms with van der Waals surface area (Å²) in [5.41, 5.74) is 0.625. The molecule has 1 aliphatic rings. The molecule has 0 saturated carbocycles. The molecule has 1 amide bonds. The van der Waals surface area contributed by atoms with Crippen molar-refractivity contribution in [1.29, 1.82) is 0 Å². The number of rotatable bonds is 8. The van der Waals surface area contributed by atoms with Gasteiger partial charge in [0.1, 0.15) is 0 Å². The number of hydrogen-bond donors (Lipinski definition) is 1. The molecule has 1 heterocycles. The summed E-state index contributed by atoms with van der Waals surface area (Å²) < 4.78 is 26.4. The van der Waals surface area contributed by atoms with E-state index < -0.39 is 10.0 Å². The van der Waals surface area contributed by atoms with E-state index in [0.29, 0.717) is 18.8 Å². The van der Waals surface area contributed by atoms with Crippen LogP contribution in [0.5, 0.6) is 0 Å². The van der Waals surface area contributed by atoms with Crippen LogP contribution in [0.4, 0.5) is 5.69 Å². The lowest BCUT2D eigenvalue weighted by Crippen LogP contribution is -2.33. The molecule has 0 unspecified atom stereocenters. The van der Waals surface area contributed by atoms with Crippen molar-refractivity contribution in [3.63, 3.8) is 0 Å². The van der Waals surface area contributed by atoms with Gasteiger partial charge in [0.15, 0.2) is 0 Å². The molecule has 0 aliphatic carbocycles. The molecule has 1 aromatic carbocycles. The van der Waals surface area contributed by atoms with Gasteiger partial charge in [-0.15, -0.1) is 0 Å². The minimum absolute atomic E-state index is 0.0532. The summed E-state index contributed by atoms with van der Waals surface area (Å²) in [7, 11) is -1.87. The number of amides is 1. The van der Waals surface area contributed by atoms with Crippen LogP contribution in [0.15, 0.2) is 29.2 Å². The Kier molecular flexibility index (Phi) is 8.06. The van der Waals surface area contributed by atoms with Gasteiger partial charge in [-0.05, 0) is 56.6 Å². The standard InChI is InChI=1S/C19H31N3O3S/c1-3-4-13-21(2)26(24,25)18-11-9-17(10-12-18)20-19(23)16-22-14-7-5-6-8-15-22/h9-12H,3-8,13-16H2,1-2H3,(H,20,23). The predicted octanol–water partition coefficient (Wildman–Crippen LogP) is 2.92. The van der Waals surface area contributed by atoms with Crippen molar-refractivity contribution in [3.8, 4) is 0 Å². The van der Waals surface area contributed by atoms with Gasteiger partial charge in [-0.1, -0.05) is 26.2 Å². The summed E-state index contributed by atoms with van der Waals surface area (Å²) in [6.07, 6.45) is 6.54. The summed E-state index contributed by atoms with van der Waals surface area (Å²) in [6.45, 7) is 4.86. The maximum Gasteiger partial charge on any atom is 0.242 e. The van der Waals surface area contributed by atoms with Gasteiger partial charge < -0.3 is 5.32 Å². The molecular weight excluding hydrogens is 350 g/mol. The lowest BCUT2D eigenvalue weighted by molar-refractivity contribution is -0.117. The number of nitrogens with zero attached hydrogens (tertiary/aromatic N) is 2. The second-order valence-corrected chi connectivity index (χ2v) is 8.99. The average molecular weight is 382 g/mol. The van der Waals surface area contributed by atoms with Crippen LogP contribution >= 0.6 is 0 Å². The minimum Gasteiger partial charge on any atom is -0.325 e. The van der Waals surface area contributed by atoms with Crippen LogP contribution in [0.2, 0.25) is 0 Å². The van der Waals surface area contributed by atoms with Crippen LogP contribution in [-0.4, -0.2) is 56.8 Å². The Morgan fingerprint density at radius 1 is 1.12 bits per heavy atom. The van der Waals surface area contributed by atoms with Crippen LogP contribution in [0.1, 0.15) is 45.4 Å². The Morgan fingerprint density at radius 2 is 1.73 bits per heavy atom. The summed E-state index contributed by atoms with van der Waals surface area (Å²) in [5, 5.41) is 2.86. The summed E-state index contributed by atoms with van der Waals surface area (Å²) >= 11 is 0. The molecule has 0 bridgehead atoms. The molecule has 0 atom stereocenters. The fraction of sp³-hybridized carbons (Fsp3) is 0.632. The van der Waals surface area contributed by atoms with E-state index in [9.17, 15) is 13.2 Å². The number of sulfonamides is 1. The molecule has 1 aromatic rings. The van der Waals surface area contributed by atoms with Gasteiger partial charge in [-0.3, -0.25) is 9.69 Å². The Hall–Kier alpha value is -1.44. The quantitative estimate of drug-likeness (QED) is 0.752. The van der Waals surface area contributed by atoms with E-state index in [2.05, 4.69) is 10.2 Å². The third kappa shape index (κ3) is 6.07. The molecule has 1 saturated heterocycles. The number of carbonyl (C=O) groups excluding carboxylic acids is 1. The van der Waals surface area contributed by atoms with E-state index in [1.165, 1.54) is 17.1 Å². The monoisotopic (exact) mass is 381 g/mol. The Balaban J connectivity index is 1.93. The molecule has 0 aromatic heterocycles. The number of benzene rings is 1. The molecule has 146 valence electrons. The maximum absolute atomic E-state index is 12.5. The lowest BCUT2D eigenvalue weighted by Gasteiger charge is -2.19. The van der Waals surface area contributed by atoms with Crippen LogP contribution < -0.4 is 5.32 Å². The number of anilines is 1. The normalized spacial score (nSPS) is 16.4. The highest BCUT2D eigenvalue weighted by molar-refractivity contribution is 7.89. The zero-order valence-corrected chi connectivity index (χ0v) is 16.7. The van der Waals surface area contributed by atoms with Gasteiger partial charge >= 0.3 is 0 Å². The molecule has 1 N–H and O–H groups in total. The van der Waals surface area contributed by atoms with Gasteiger partial charge in [0.2, 0.25) is 15.9 Å². The van der Waals surface area contributed by atoms with E-state index in [-0.39, 0.29) is 10.8 Å². The SMILES string of the molecule is CCCCN(C)S(=O)(=O)c1ccc(NC(=O)CN2CCCCCC2)cc1. The van der Waals surface area contributed by atoms with Gasteiger partial charge in [0, 0.05) is 19.3 Å². The molecular formula is C19H31N3O3S. The smallest absolute Gasteiger partial charge is 0.242 e. The second kappa shape index (κ2) is 10.0. The first kappa shape index (κ1) is 20.9. The van der Waals surface area contributed by atoms with Crippen molar-refractivity contribution in [2.45, 2.75) is 50.3 Å². The zero-order valence-electron chi connectivity index (χ0n) is 15.9. The fourth-order valence-corrected chi connectivity index (χ4v) is 4.30. The second-order valence-electron chi connectivity index (χ2n) is 6.94. The fourth-order valence-electron chi connectivity index (χ4n) is 3.09. The molecule has 6 nitrogen and oxygen atoms in total. The van der Waals surface area contributed by atoms with Crippen molar-refractivity contribution in [3.05, 3.63) is 24.3 Å². The first-order chi connectivity index (χ1) is 12.4. The molecule has 1 aliphatic heterocycles. The van der Waals surface area contributed by atoms with Gasteiger partial charge in [-0.2, -0.15) is 0 Å². The highest BCUT2D eigenvalue weighted by Crippen LogP contribution is 2.18. The number of carbonyl (C=O) groups is 1. The highest BCUT2D eigenvalue weighted by Gasteiger charge is 2.20. The van der Waals surface area contributed by atoms with Crippen LogP contribution in [0.25, 0.3) is 0 Å². The molecule has 0 radical (unpaired) electrons. The number of hydrogen-bond acceptors (Lipinski definition) is 4. The summed E-state index contributed by atoms with van der Waals surface area (Å²) in [4.78, 5) is 14.7. The summed E-state index contributed by atoms with van der Waals surface area (Å²) in [5.74, 6) is -0.0532. The Labute approximate surface area is 157 Å². The maximum atomic E-state index is 12.5. The Morgan fingerprint density at radius 3 is 2.31 bits per heavy atom. The van der Waals surface area contributed by atoms with Crippen molar-refractivity contribution < 1.29 is 13.2 Å². The van der Waals surface area contributed by atoms with E-state index >= 15 is 0 Å². The van der Waals surface area contributed by atoms with E-state index in [1.807, 2.05) is 6.92 Å². The minimum atomic E-state index is -3.47. The van der Waals surface area contributed by atoms with Crippen molar-refractivity contribution >= 4 is 21.6 Å². The molecule has 2 rings (SSSR count). The zero-order chi connectivity index (χ0) is 19.0. The van der Waals surface area contributed by atoms with Gasteiger partial charge in [0.05, 0.1) is 11.4 Å². The largest absolute Gasteiger partial charge is 0.325 e. The molecule has 26 heavy (non-hydrogen) atoms. The third-order valence-electron chi connectivity index (χ3n) is 4.74. The van der Waals surface area contributed by atoms with Crippen molar-refractivity contribution in [1.82, 2.24) is 9.21 Å².